The van der Waals surface area contributed by atoms with Crippen molar-refractivity contribution in [1.82, 2.24) is 9.80 Å². The molecule has 0 bridgehead atoms. The van der Waals surface area contributed by atoms with Gasteiger partial charge in [-0.05, 0) is 26.6 Å². The fourth-order valence-corrected chi connectivity index (χ4v) is 2.46. The molecule has 1 unspecified atom stereocenters. The van der Waals surface area contributed by atoms with Gasteiger partial charge in [0.1, 0.15) is 11.7 Å². The summed E-state index contributed by atoms with van der Waals surface area (Å²) in [5.74, 6) is -0.375. The van der Waals surface area contributed by atoms with E-state index >= 15 is 0 Å². The molecule has 1 aliphatic heterocycles. The fraction of sp³-hybridized carbons (Fsp3) is 0.500. The van der Waals surface area contributed by atoms with Gasteiger partial charge in [-0.25, -0.2) is 4.39 Å². The summed E-state index contributed by atoms with van der Waals surface area (Å²) in [7, 11) is 4.16. The van der Waals surface area contributed by atoms with Gasteiger partial charge in [-0.2, -0.15) is 0 Å². The second kappa shape index (κ2) is 5.67. The van der Waals surface area contributed by atoms with Crippen LogP contribution in [-0.2, 0) is 6.54 Å². The molecular weight excluding hydrogens is 243 g/mol. The van der Waals surface area contributed by atoms with E-state index in [0.29, 0.717) is 23.7 Å². The third-order valence-electron chi connectivity index (χ3n) is 3.74. The van der Waals surface area contributed by atoms with Crippen LogP contribution in [-0.4, -0.2) is 48.9 Å². The summed E-state index contributed by atoms with van der Waals surface area (Å²) in [6.45, 7) is 2.59. The first-order valence-corrected chi connectivity index (χ1v) is 6.49. The predicted octanol–water partition coefficient (Wildman–Crippen LogP) is 1.25. The van der Waals surface area contributed by atoms with Gasteiger partial charge in [-0.1, -0.05) is 12.1 Å². The summed E-state index contributed by atoms with van der Waals surface area (Å²) in [5.41, 5.74) is 6.46. The van der Waals surface area contributed by atoms with Crippen LogP contribution in [0.1, 0.15) is 17.5 Å². The van der Waals surface area contributed by atoms with Crippen molar-refractivity contribution in [2.75, 3.05) is 27.2 Å². The van der Waals surface area contributed by atoms with Crippen LogP contribution >= 0.6 is 0 Å². The zero-order chi connectivity index (χ0) is 14.0. The predicted molar refractivity (Wildman–Crippen MR) is 74.8 cm³/mol. The minimum atomic E-state index is -0.277. The highest BCUT2D eigenvalue weighted by molar-refractivity contribution is 5.94. The molecule has 1 aromatic rings. The molecule has 104 valence electrons. The maximum Gasteiger partial charge on any atom is 0.128 e. The standard InChI is InChI=1S/C14H21FN4/c1-18(2)12-5-6-19(9-12)8-11-4-3-10(14(16)17)7-13(11)15/h3-4,7,12H,5-6,8-9H2,1-2H3,(H3,16,17). The highest BCUT2D eigenvalue weighted by Gasteiger charge is 2.24. The van der Waals surface area contributed by atoms with Crippen molar-refractivity contribution < 1.29 is 4.39 Å². The third kappa shape index (κ3) is 3.30. The first-order valence-electron chi connectivity index (χ1n) is 6.49. The molecule has 19 heavy (non-hydrogen) atoms. The fourth-order valence-electron chi connectivity index (χ4n) is 2.46. The van der Waals surface area contributed by atoms with Crippen molar-refractivity contribution in [2.24, 2.45) is 5.73 Å². The van der Waals surface area contributed by atoms with Gasteiger partial charge in [0.15, 0.2) is 0 Å². The smallest absolute Gasteiger partial charge is 0.128 e. The van der Waals surface area contributed by atoms with E-state index in [1.165, 1.54) is 6.07 Å². The molecule has 0 aromatic heterocycles. The van der Waals surface area contributed by atoms with Gasteiger partial charge in [0.2, 0.25) is 0 Å². The van der Waals surface area contributed by atoms with Crippen molar-refractivity contribution in [3.8, 4) is 0 Å². The van der Waals surface area contributed by atoms with Crippen LogP contribution in [0.25, 0.3) is 0 Å². The number of hydrogen-bond acceptors (Lipinski definition) is 3. The first-order chi connectivity index (χ1) is 8.97. The lowest BCUT2D eigenvalue weighted by Crippen LogP contribution is -2.31. The van der Waals surface area contributed by atoms with E-state index in [4.69, 9.17) is 11.1 Å². The number of likely N-dealkylation sites (N-methyl/N-ethyl adjacent to an activating group) is 1. The van der Waals surface area contributed by atoms with Gasteiger partial charge >= 0.3 is 0 Å². The van der Waals surface area contributed by atoms with Crippen LogP contribution in [0.15, 0.2) is 18.2 Å². The molecule has 1 atom stereocenters. The lowest BCUT2D eigenvalue weighted by Gasteiger charge is -2.20. The molecule has 1 heterocycles. The Bertz CT molecular complexity index is 473. The Morgan fingerprint density at radius 1 is 1.53 bits per heavy atom. The van der Waals surface area contributed by atoms with Crippen molar-refractivity contribution in [3.05, 3.63) is 35.1 Å². The summed E-state index contributed by atoms with van der Waals surface area (Å²) in [5, 5.41) is 7.30. The van der Waals surface area contributed by atoms with Crippen LogP contribution in [0.3, 0.4) is 0 Å². The first kappa shape index (κ1) is 14.0. The Kier molecular flexibility index (Phi) is 4.17. The monoisotopic (exact) mass is 264 g/mol. The Hall–Kier alpha value is -1.46. The molecule has 1 fully saturated rings. The van der Waals surface area contributed by atoms with Crippen LogP contribution < -0.4 is 5.73 Å². The molecular formula is C14H21FN4. The second-order valence-electron chi connectivity index (χ2n) is 5.36. The van der Waals surface area contributed by atoms with Gasteiger partial charge in [-0.3, -0.25) is 10.3 Å². The topological polar surface area (TPSA) is 56.4 Å². The van der Waals surface area contributed by atoms with Crippen LogP contribution in [0.5, 0.6) is 0 Å². The summed E-state index contributed by atoms with van der Waals surface area (Å²) < 4.78 is 13.9. The van der Waals surface area contributed by atoms with Gasteiger partial charge in [0, 0.05) is 36.8 Å². The minimum Gasteiger partial charge on any atom is -0.384 e. The maximum absolute atomic E-state index is 13.9. The Morgan fingerprint density at radius 2 is 2.26 bits per heavy atom. The van der Waals surface area contributed by atoms with E-state index in [1.54, 1.807) is 12.1 Å². The summed E-state index contributed by atoms with van der Waals surface area (Å²) >= 11 is 0. The molecule has 2 rings (SSSR count). The summed E-state index contributed by atoms with van der Waals surface area (Å²) in [6, 6.07) is 5.34. The molecule has 1 aliphatic rings. The Morgan fingerprint density at radius 3 is 2.79 bits per heavy atom. The lowest BCUT2D eigenvalue weighted by atomic mass is 10.1. The highest BCUT2D eigenvalue weighted by atomic mass is 19.1. The number of nitrogen functional groups attached to an aromatic ring is 1. The number of nitrogens with one attached hydrogen (secondary N) is 1. The SMILES string of the molecule is CN(C)C1CCN(Cc2ccc(C(=N)N)cc2F)C1. The van der Waals surface area contributed by atoms with E-state index in [-0.39, 0.29) is 11.7 Å². The molecule has 1 aromatic carbocycles. The van der Waals surface area contributed by atoms with Crippen LogP contribution in [0, 0.1) is 11.2 Å². The lowest BCUT2D eigenvalue weighted by molar-refractivity contribution is 0.263. The van der Waals surface area contributed by atoms with Crippen molar-refractivity contribution in [1.29, 1.82) is 5.41 Å². The quantitative estimate of drug-likeness (QED) is 0.635. The number of hydrogen-bond donors (Lipinski definition) is 2. The van der Waals surface area contributed by atoms with Crippen LogP contribution in [0.2, 0.25) is 0 Å². The van der Waals surface area contributed by atoms with Crippen molar-refractivity contribution >= 4 is 5.84 Å². The molecule has 3 N–H and O–H groups in total. The Balaban J connectivity index is 2.02. The average molecular weight is 264 g/mol. The van der Waals surface area contributed by atoms with E-state index < -0.39 is 0 Å². The summed E-state index contributed by atoms with van der Waals surface area (Å²) in [6.07, 6.45) is 1.13. The molecule has 0 amide bonds. The molecule has 0 saturated carbocycles. The largest absolute Gasteiger partial charge is 0.384 e. The molecule has 5 heteroatoms. The normalized spacial score (nSPS) is 20.1. The number of amidine groups is 1. The van der Waals surface area contributed by atoms with E-state index in [0.717, 1.165) is 19.5 Å². The van der Waals surface area contributed by atoms with Gasteiger partial charge < -0.3 is 10.6 Å². The van der Waals surface area contributed by atoms with Gasteiger partial charge in [0.25, 0.3) is 0 Å². The molecule has 4 nitrogen and oxygen atoms in total. The third-order valence-corrected chi connectivity index (χ3v) is 3.74. The van der Waals surface area contributed by atoms with E-state index in [2.05, 4.69) is 23.9 Å². The highest BCUT2D eigenvalue weighted by Crippen LogP contribution is 2.18. The summed E-state index contributed by atoms with van der Waals surface area (Å²) in [4.78, 5) is 4.48. The van der Waals surface area contributed by atoms with Crippen molar-refractivity contribution in [3.63, 3.8) is 0 Å². The number of halogens is 1. The number of benzene rings is 1. The molecule has 0 radical (unpaired) electrons. The van der Waals surface area contributed by atoms with E-state index in [9.17, 15) is 4.39 Å². The number of rotatable bonds is 4. The minimum absolute atomic E-state index is 0.0979. The number of nitrogens with two attached hydrogens (primary N) is 1. The van der Waals surface area contributed by atoms with Crippen LogP contribution in [0.4, 0.5) is 4.39 Å². The van der Waals surface area contributed by atoms with E-state index in [1.807, 2.05) is 0 Å². The number of likely N-dealkylation sites (tertiary alicyclic amines) is 1. The average Bonchev–Trinajstić information content (AvgIpc) is 2.80. The van der Waals surface area contributed by atoms with Crippen molar-refractivity contribution in [2.45, 2.75) is 19.0 Å². The van der Waals surface area contributed by atoms with Gasteiger partial charge in [-0.15, -0.1) is 0 Å². The Labute approximate surface area is 113 Å². The second-order valence-corrected chi connectivity index (χ2v) is 5.36. The number of nitrogens with zero attached hydrogens (tertiary/aromatic N) is 2. The maximum atomic E-state index is 13.9. The molecule has 1 saturated heterocycles. The zero-order valence-electron chi connectivity index (χ0n) is 11.5. The molecule has 0 aliphatic carbocycles. The zero-order valence-corrected chi connectivity index (χ0v) is 11.5. The van der Waals surface area contributed by atoms with Gasteiger partial charge in [0.05, 0.1) is 0 Å². The molecule has 0 spiro atoms.